The van der Waals surface area contributed by atoms with E-state index in [0.717, 1.165) is 17.7 Å². The second-order valence-electron chi connectivity index (χ2n) is 6.24. The van der Waals surface area contributed by atoms with E-state index in [-0.39, 0.29) is 18.1 Å². The lowest BCUT2D eigenvalue weighted by molar-refractivity contribution is -0.120. The maximum atomic E-state index is 12.2. The van der Waals surface area contributed by atoms with Crippen molar-refractivity contribution in [2.24, 2.45) is 0 Å². The predicted octanol–water partition coefficient (Wildman–Crippen LogP) is 0.463. The number of sulfonamides is 1. The molecule has 0 bridgehead atoms. The first-order valence-corrected chi connectivity index (χ1v) is 10.1. The van der Waals surface area contributed by atoms with Crippen LogP contribution >= 0.6 is 0 Å². The van der Waals surface area contributed by atoms with Crippen molar-refractivity contribution in [2.45, 2.75) is 12.8 Å². The van der Waals surface area contributed by atoms with Crippen LogP contribution < -0.4 is 10.2 Å². The molecular formula is C17H27N3O4S. The van der Waals surface area contributed by atoms with Gasteiger partial charge in [-0.1, -0.05) is 12.1 Å². The fourth-order valence-electron chi connectivity index (χ4n) is 2.57. The summed E-state index contributed by atoms with van der Waals surface area (Å²) in [5.74, 6) is -0.391. The van der Waals surface area contributed by atoms with Crippen molar-refractivity contribution in [1.29, 1.82) is 0 Å². The van der Waals surface area contributed by atoms with Crippen LogP contribution in [0.25, 0.3) is 0 Å². The molecule has 1 aromatic rings. The van der Waals surface area contributed by atoms with Gasteiger partial charge in [0.1, 0.15) is 0 Å². The Balaban J connectivity index is 1.70. The number of morpholine rings is 1. The predicted molar refractivity (Wildman–Crippen MR) is 98.3 cm³/mol. The number of carbonyl (C=O) groups is 1. The van der Waals surface area contributed by atoms with Gasteiger partial charge in [0.05, 0.1) is 19.0 Å². The van der Waals surface area contributed by atoms with E-state index in [1.807, 2.05) is 43.3 Å². The lowest BCUT2D eigenvalue weighted by Gasteiger charge is -2.25. The molecule has 0 saturated carbocycles. The van der Waals surface area contributed by atoms with Crippen molar-refractivity contribution in [2.75, 3.05) is 57.6 Å². The van der Waals surface area contributed by atoms with Gasteiger partial charge in [-0.25, -0.2) is 8.42 Å². The van der Waals surface area contributed by atoms with E-state index in [1.54, 1.807) is 0 Å². The maximum absolute atomic E-state index is 12.2. The number of ether oxygens (including phenoxy) is 1. The molecular weight excluding hydrogens is 342 g/mol. The molecule has 0 unspecified atom stereocenters. The molecule has 8 heteroatoms. The number of hydrogen-bond donors (Lipinski definition) is 1. The Bertz CT molecular complexity index is 653. The first kappa shape index (κ1) is 19.7. The van der Waals surface area contributed by atoms with E-state index in [9.17, 15) is 13.2 Å². The highest BCUT2D eigenvalue weighted by Gasteiger charge is 2.24. The summed E-state index contributed by atoms with van der Waals surface area (Å²) in [6.07, 6.45) is 0.703. The van der Waals surface area contributed by atoms with Gasteiger partial charge in [-0.2, -0.15) is 4.31 Å². The smallest absolute Gasteiger partial charge is 0.221 e. The SMILES string of the molecule is CN(C)c1ccc(CCNC(=O)CCS(=O)(=O)N2CCOCC2)cc1. The summed E-state index contributed by atoms with van der Waals surface area (Å²) < 4.78 is 30.9. The molecule has 1 saturated heterocycles. The molecule has 0 spiro atoms. The Hall–Kier alpha value is -1.64. The molecule has 1 aliphatic rings. The van der Waals surface area contributed by atoms with Crippen LogP contribution in [-0.2, 0) is 26.0 Å². The van der Waals surface area contributed by atoms with Gasteiger partial charge >= 0.3 is 0 Å². The van der Waals surface area contributed by atoms with Crippen LogP contribution in [-0.4, -0.2) is 71.3 Å². The molecule has 0 aromatic heterocycles. The van der Waals surface area contributed by atoms with Crippen LogP contribution in [0.15, 0.2) is 24.3 Å². The van der Waals surface area contributed by atoms with Crippen molar-refractivity contribution in [3.05, 3.63) is 29.8 Å². The number of hydrogen-bond acceptors (Lipinski definition) is 5. The Morgan fingerprint density at radius 1 is 1.20 bits per heavy atom. The largest absolute Gasteiger partial charge is 0.379 e. The normalized spacial score (nSPS) is 15.8. The van der Waals surface area contributed by atoms with Gasteiger partial charge in [-0.3, -0.25) is 4.79 Å². The molecule has 1 aliphatic heterocycles. The Labute approximate surface area is 150 Å². The van der Waals surface area contributed by atoms with E-state index >= 15 is 0 Å². The molecule has 0 aliphatic carbocycles. The second-order valence-corrected chi connectivity index (χ2v) is 8.33. The molecule has 2 rings (SSSR count). The standard InChI is InChI=1S/C17H27N3O4S/c1-19(2)16-5-3-15(4-6-16)7-9-18-17(21)8-14-25(22,23)20-10-12-24-13-11-20/h3-6H,7-14H2,1-2H3,(H,18,21). The average Bonchev–Trinajstić information content (AvgIpc) is 2.61. The topological polar surface area (TPSA) is 79.0 Å². The number of benzene rings is 1. The lowest BCUT2D eigenvalue weighted by atomic mass is 10.1. The lowest BCUT2D eigenvalue weighted by Crippen LogP contribution is -2.42. The number of anilines is 1. The zero-order chi connectivity index (χ0) is 18.3. The van der Waals surface area contributed by atoms with Crippen molar-refractivity contribution >= 4 is 21.6 Å². The van der Waals surface area contributed by atoms with Crippen LogP contribution in [0.2, 0.25) is 0 Å². The highest BCUT2D eigenvalue weighted by atomic mass is 32.2. The zero-order valence-corrected chi connectivity index (χ0v) is 15.7. The summed E-state index contributed by atoms with van der Waals surface area (Å²) in [4.78, 5) is 13.9. The number of amides is 1. The fourth-order valence-corrected chi connectivity index (χ4v) is 3.98. The van der Waals surface area contributed by atoms with Crippen LogP contribution in [0.4, 0.5) is 5.69 Å². The summed E-state index contributed by atoms with van der Waals surface area (Å²) in [6, 6.07) is 8.13. The summed E-state index contributed by atoms with van der Waals surface area (Å²) >= 11 is 0. The number of nitrogens with zero attached hydrogens (tertiary/aromatic N) is 2. The van der Waals surface area contributed by atoms with Crippen LogP contribution in [0.3, 0.4) is 0 Å². The minimum atomic E-state index is -3.38. The highest BCUT2D eigenvalue weighted by Crippen LogP contribution is 2.12. The van der Waals surface area contributed by atoms with Crippen molar-refractivity contribution in [1.82, 2.24) is 9.62 Å². The zero-order valence-electron chi connectivity index (χ0n) is 14.9. The molecule has 0 radical (unpaired) electrons. The number of carbonyl (C=O) groups excluding carboxylic acids is 1. The second kappa shape index (κ2) is 9.17. The quantitative estimate of drug-likeness (QED) is 0.720. The third kappa shape index (κ3) is 6.30. The van der Waals surface area contributed by atoms with E-state index in [4.69, 9.17) is 4.74 Å². The maximum Gasteiger partial charge on any atom is 0.221 e. The molecule has 1 amide bonds. The minimum Gasteiger partial charge on any atom is -0.379 e. The van der Waals surface area contributed by atoms with E-state index < -0.39 is 10.0 Å². The monoisotopic (exact) mass is 369 g/mol. The van der Waals surface area contributed by atoms with Gasteiger partial charge in [-0.15, -0.1) is 0 Å². The van der Waals surface area contributed by atoms with Crippen molar-refractivity contribution in [3.63, 3.8) is 0 Å². The summed E-state index contributed by atoms with van der Waals surface area (Å²) in [5.41, 5.74) is 2.26. The molecule has 7 nitrogen and oxygen atoms in total. The Morgan fingerprint density at radius 3 is 2.44 bits per heavy atom. The average molecular weight is 369 g/mol. The Morgan fingerprint density at radius 2 is 1.84 bits per heavy atom. The molecule has 140 valence electrons. The van der Waals surface area contributed by atoms with E-state index in [2.05, 4.69) is 5.32 Å². The summed E-state index contributed by atoms with van der Waals surface area (Å²) in [6.45, 7) is 2.06. The first-order valence-electron chi connectivity index (χ1n) is 8.47. The van der Waals surface area contributed by atoms with Crippen LogP contribution in [0, 0.1) is 0 Å². The summed E-state index contributed by atoms with van der Waals surface area (Å²) in [7, 11) is 0.592. The Kier molecular flexibility index (Phi) is 7.22. The van der Waals surface area contributed by atoms with Gasteiger partial charge in [-0.05, 0) is 24.1 Å². The third-order valence-corrected chi connectivity index (χ3v) is 6.01. The first-order chi connectivity index (χ1) is 11.9. The van der Waals surface area contributed by atoms with Gasteiger partial charge < -0.3 is 15.0 Å². The van der Waals surface area contributed by atoms with Gasteiger partial charge in [0, 0.05) is 45.8 Å². The minimum absolute atomic E-state index is 0.0146. The number of rotatable bonds is 8. The van der Waals surface area contributed by atoms with E-state index in [1.165, 1.54) is 4.31 Å². The van der Waals surface area contributed by atoms with Gasteiger partial charge in [0.15, 0.2) is 0 Å². The molecule has 1 heterocycles. The molecule has 0 atom stereocenters. The third-order valence-electron chi connectivity index (χ3n) is 4.14. The molecule has 25 heavy (non-hydrogen) atoms. The highest BCUT2D eigenvalue weighted by molar-refractivity contribution is 7.89. The summed E-state index contributed by atoms with van der Waals surface area (Å²) in [5, 5.41) is 2.79. The number of nitrogens with one attached hydrogen (secondary N) is 1. The van der Waals surface area contributed by atoms with Gasteiger partial charge in [0.2, 0.25) is 15.9 Å². The fraction of sp³-hybridized carbons (Fsp3) is 0.588. The van der Waals surface area contributed by atoms with Crippen molar-refractivity contribution < 1.29 is 17.9 Å². The molecule has 1 N–H and O–H groups in total. The van der Waals surface area contributed by atoms with E-state index in [0.29, 0.717) is 32.8 Å². The molecule has 1 aromatic carbocycles. The van der Waals surface area contributed by atoms with Gasteiger partial charge in [0.25, 0.3) is 0 Å². The molecule has 1 fully saturated rings. The van der Waals surface area contributed by atoms with Crippen LogP contribution in [0.5, 0.6) is 0 Å². The van der Waals surface area contributed by atoms with Crippen LogP contribution in [0.1, 0.15) is 12.0 Å². The van der Waals surface area contributed by atoms with Crippen molar-refractivity contribution in [3.8, 4) is 0 Å².